The van der Waals surface area contributed by atoms with E-state index in [9.17, 15) is 4.39 Å². The van der Waals surface area contributed by atoms with Gasteiger partial charge in [-0.1, -0.05) is 0 Å². The minimum atomic E-state index is -0.350. The first-order valence-corrected chi connectivity index (χ1v) is 2.44. The summed E-state index contributed by atoms with van der Waals surface area (Å²) in [6.07, 6.45) is 0. The fourth-order valence-corrected chi connectivity index (χ4v) is 0.138. The maximum Gasteiger partial charge on any atom is 0.142 e. The average Bonchev–Trinajstić information content (AvgIpc) is 1.65. The van der Waals surface area contributed by atoms with E-state index in [0.717, 1.165) is 0 Å². The molecule has 0 saturated heterocycles. The molecule has 0 atom stereocenters. The second-order valence-corrected chi connectivity index (χ2v) is 1.97. The smallest absolute Gasteiger partial charge is 0.142 e. The summed E-state index contributed by atoms with van der Waals surface area (Å²) in [6, 6.07) is 0.324. The van der Waals surface area contributed by atoms with Gasteiger partial charge in [-0.25, -0.2) is 4.39 Å². The first-order chi connectivity index (χ1) is 3.18. The first-order valence-electron chi connectivity index (χ1n) is 2.44. The van der Waals surface area contributed by atoms with Crippen molar-refractivity contribution in [3.05, 3.63) is 0 Å². The molecule has 0 N–H and O–H groups in total. The summed E-state index contributed by atoms with van der Waals surface area (Å²) < 4.78 is 11.6. The third-order valence-corrected chi connectivity index (χ3v) is 1.07. The summed E-state index contributed by atoms with van der Waals surface area (Å²) in [5.41, 5.74) is 0. The Morgan fingerprint density at radius 3 is 2.00 bits per heavy atom. The molecule has 0 aromatic rings. The van der Waals surface area contributed by atoms with Crippen molar-refractivity contribution in [1.29, 1.82) is 0 Å². The molecule has 0 aromatic carbocycles. The Kier molecular flexibility index (Phi) is 2.92. The van der Waals surface area contributed by atoms with Crippen LogP contribution in [0.3, 0.4) is 0 Å². The molecule has 0 aliphatic heterocycles. The third-order valence-electron chi connectivity index (χ3n) is 1.07. The highest BCUT2D eigenvalue weighted by Crippen LogP contribution is 1.90. The topological polar surface area (TPSA) is 3.24 Å². The third kappa shape index (κ3) is 2.57. The van der Waals surface area contributed by atoms with Gasteiger partial charge in [-0.05, 0) is 20.9 Å². The fraction of sp³-hybridized carbons (Fsp3) is 1.00. The minimum absolute atomic E-state index is 0.324. The maximum atomic E-state index is 11.6. The highest BCUT2D eigenvalue weighted by atomic mass is 19.1. The van der Waals surface area contributed by atoms with Crippen molar-refractivity contribution < 1.29 is 4.39 Å². The average molecular weight is 105 g/mol. The van der Waals surface area contributed by atoms with E-state index in [4.69, 9.17) is 0 Å². The molecule has 0 rings (SSSR count). The van der Waals surface area contributed by atoms with Gasteiger partial charge in [0.05, 0.1) is 0 Å². The van der Waals surface area contributed by atoms with Crippen molar-refractivity contribution in [3.63, 3.8) is 0 Å². The number of halogens is 1. The van der Waals surface area contributed by atoms with E-state index in [1.807, 2.05) is 13.8 Å². The van der Waals surface area contributed by atoms with Crippen LogP contribution >= 0.6 is 0 Å². The Hall–Kier alpha value is -0.110. The van der Waals surface area contributed by atoms with Gasteiger partial charge in [0.25, 0.3) is 0 Å². The molecule has 0 fully saturated rings. The van der Waals surface area contributed by atoms with Crippen LogP contribution in [0.1, 0.15) is 13.8 Å². The van der Waals surface area contributed by atoms with E-state index in [2.05, 4.69) is 0 Å². The monoisotopic (exact) mass is 105 g/mol. The summed E-state index contributed by atoms with van der Waals surface area (Å²) in [5.74, 6) is 0. The van der Waals surface area contributed by atoms with Gasteiger partial charge in [0.15, 0.2) is 0 Å². The molecule has 0 aromatic heterocycles. The van der Waals surface area contributed by atoms with E-state index in [-0.39, 0.29) is 6.80 Å². The number of hydrogen-bond donors (Lipinski definition) is 0. The molecule has 0 bridgehead atoms. The lowest BCUT2D eigenvalue weighted by Gasteiger charge is -2.15. The molecule has 44 valence electrons. The minimum Gasteiger partial charge on any atom is -0.277 e. The van der Waals surface area contributed by atoms with E-state index in [1.165, 1.54) is 0 Å². The second-order valence-electron chi connectivity index (χ2n) is 1.97. The van der Waals surface area contributed by atoms with Gasteiger partial charge < -0.3 is 0 Å². The Morgan fingerprint density at radius 1 is 1.57 bits per heavy atom. The Balaban J connectivity index is 3.14. The highest BCUT2D eigenvalue weighted by molar-refractivity contribution is 4.48. The van der Waals surface area contributed by atoms with Gasteiger partial charge in [0.2, 0.25) is 0 Å². The van der Waals surface area contributed by atoms with Gasteiger partial charge >= 0.3 is 0 Å². The molecule has 0 amide bonds. The fourth-order valence-electron chi connectivity index (χ4n) is 0.138. The van der Waals surface area contributed by atoms with Gasteiger partial charge in [-0.15, -0.1) is 0 Å². The van der Waals surface area contributed by atoms with Crippen molar-refractivity contribution in [1.82, 2.24) is 4.90 Å². The standard InChI is InChI=1S/C5H12FN/c1-5(2)7(3)4-6/h5H,4H2,1-3H3. The van der Waals surface area contributed by atoms with Crippen LogP contribution in [0.25, 0.3) is 0 Å². The lowest BCUT2D eigenvalue weighted by molar-refractivity contribution is 0.185. The van der Waals surface area contributed by atoms with E-state index >= 15 is 0 Å². The zero-order valence-electron chi connectivity index (χ0n) is 5.11. The summed E-state index contributed by atoms with van der Waals surface area (Å²) >= 11 is 0. The normalized spacial score (nSPS) is 11.1. The molecular formula is C5H12FN. The summed E-state index contributed by atoms with van der Waals surface area (Å²) in [6.45, 7) is 3.57. The van der Waals surface area contributed by atoms with Crippen LogP contribution in [0.2, 0.25) is 0 Å². The number of rotatable bonds is 2. The van der Waals surface area contributed by atoms with E-state index in [1.54, 1.807) is 11.9 Å². The quantitative estimate of drug-likeness (QED) is 0.478. The van der Waals surface area contributed by atoms with Crippen LogP contribution in [-0.4, -0.2) is 24.8 Å². The Morgan fingerprint density at radius 2 is 2.00 bits per heavy atom. The predicted molar refractivity (Wildman–Crippen MR) is 28.9 cm³/mol. The summed E-state index contributed by atoms with van der Waals surface area (Å²) in [7, 11) is 1.75. The number of alkyl halides is 1. The zero-order chi connectivity index (χ0) is 5.86. The summed E-state index contributed by atoms with van der Waals surface area (Å²) in [4.78, 5) is 1.62. The molecule has 0 spiro atoms. The second kappa shape index (κ2) is 2.97. The Bertz CT molecular complexity index is 45.3. The number of hydrogen-bond acceptors (Lipinski definition) is 1. The Labute approximate surface area is 44.1 Å². The molecule has 0 aliphatic carbocycles. The zero-order valence-corrected chi connectivity index (χ0v) is 5.11. The van der Waals surface area contributed by atoms with Crippen molar-refractivity contribution >= 4 is 0 Å². The highest BCUT2D eigenvalue weighted by Gasteiger charge is 1.98. The largest absolute Gasteiger partial charge is 0.277 e. The van der Waals surface area contributed by atoms with Gasteiger partial charge in [0, 0.05) is 6.04 Å². The maximum absolute atomic E-state index is 11.6. The van der Waals surface area contributed by atoms with E-state index < -0.39 is 0 Å². The van der Waals surface area contributed by atoms with Crippen LogP contribution in [0, 0.1) is 0 Å². The molecular weight excluding hydrogens is 93.1 g/mol. The predicted octanol–water partition coefficient (Wildman–Crippen LogP) is 1.25. The molecule has 0 unspecified atom stereocenters. The van der Waals surface area contributed by atoms with Crippen molar-refractivity contribution in [2.45, 2.75) is 19.9 Å². The van der Waals surface area contributed by atoms with Crippen molar-refractivity contribution in [2.24, 2.45) is 0 Å². The van der Waals surface area contributed by atoms with Gasteiger partial charge in [-0.2, -0.15) is 0 Å². The van der Waals surface area contributed by atoms with Gasteiger partial charge in [-0.3, -0.25) is 4.90 Å². The van der Waals surface area contributed by atoms with Crippen LogP contribution in [0.4, 0.5) is 4.39 Å². The molecule has 1 nitrogen and oxygen atoms in total. The molecule has 0 aliphatic rings. The van der Waals surface area contributed by atoms with Crippen LogP contribution in [0.5, 0.6) is 0 Å². The van der Waals surface area contributed by atoms with Crippen molar-refractivity contribution in [2.75, 3.05) is 13.8 Å². The van der Waals surface area contributed by atoms with Crippen LogP contribution < -0.4 is 0 Å². The van der Waals surface area contributed by atoms with E-state index in [0.29, 0.717) is 6.04 Å². The van der Waals surface area contributed by atoms with Crippen molar-refractivity contribution in [3.8, 4) is 0 Å². The molecule has 7 heavy (non-hydrogen) atoms. The molecule has 0 saturated carbocycles. The lowest BCUT2D eigenvalue weighted by atomic mass is 10.4. The first kappa shape index (κ1) is 6.89. The SMILES string of the molecule is CC(C)N(C)CF. The van der Waals surface area contributed by atoms with Gasteiger partial charge in [0.1, 0.15) is 6.80 Å². The number of nitrogens with zero attached hydrogens (tertiary/aromatic N) is 1. The molecule has 0 heterocycles. The lowest BCUT2D eigenvalue weighted by Crippen LogP contribution is -2.24. The van der Waals surface area contributed by atoms with Crippen LogP contribution in [0.15, 0.2) is 0 Å². The molecule has 2 heteroatoms. The molecule has 0 radical (unpaired) electrons. The summed E-state index contributed by atoms with van der Waals surface area (Å²) in [5, 5.41) is 0. The van der Waals surface area contributed by atoms with Crippen LogP contribution in [-0.2, 0) is 0 Å².